The highest BCUT2D eigenvalue weighted by Crippen LogP contribution is 2.27. The number of aryl methyl sites for hydroxylation is 2. The molecule has 3 aromatic rings. The number of rotatable bonds is 7. The molecule has 3 N–H and O–H groups in total. The molecule has 0 aromatic heterocycles. The summed E-state index contributed by atoms with van der Waals surface area (Å²) in [5.41, 5.74) is 7.73. The molecule has 0 aliphatic rings. The number of hydrogen-bond donors (Lipinski definition) is 2. The van der Waals surface area contributed by atoms with E-state index in [1.807, 2.05) is 6.92 Å². The SMILES string of the molecule is Cc1ccc(S(=O)(=O)N(CC(=O)Nc2ccccc2C(N)=O)c2ccccc2C)cc1. The van der Waals surface area contributed by atoms with Gasteiger partial charge in [0.1, 0.15) is 6.54 Å². The Hall–Kier alpha value is -3.65. The third kappa shape index (κ3) is 4.92. The lowest BCUT2D eigenvalue weighted by molar-refractivity contribution is -0.114. The second-order valence-electron chi connectivity index (χ2n) is 7.07. The second kappa shape index (κ2) is 9.01. The molecule has 31 heavy (non-hydrogen) atoms. The molecule has 0 radical (unpaired) electrons. The van der Waals surface area contributed by atoms with Gasteiger partial charge >= 0.3 is 0 Å². The molecule has 0 saturated carbocycles. The number of sulfonamides is 1. The zero-order valence-electron chi connectivity index (χ0n) is 17.2. The van der Waals surface area contributed by atoms with Crippen molar-refractivity contribution in [3.05, 3.63) is 89.5 Å². The number of hydrogen-bond acceptors (Lipinski definition) is 4. The number of nitrogens with two attached hydrogens (primary N) is 1. The monoisotopic (exact) mass is 437 g/mol. The fourth-order valence-electron chi connectivity index (χ4n) is 3.11. The second-order valence-corrected chi connectivity index (χ2v) is 8.93. The van der Waals surface area contributed by atoms with Gasteiger partial charge in [0.25, 0.3) is 15.9 Å². The van der Waals surface area contributed by atoms with Crippen molar-refractivity contribution < 1.29 is 18.0 Å². The Morgan fingerprint density at radius 2 is 1.52 bits per heavy atom. The van der Waals surface area contributed by atoms with Crippen LogP contribution in [0.1, 0.15) is 21.5 Å². The summed E-state index contributed by atoms with van der Waals surface area (Å²) in [6.45, 7) is 3.15. The Kier molecular flexibility index (Phi) is 6.41. The molecule has 3 rings (SSSR count). The summed E-state index contributed by atoms with van der Waals surface area (Å²) in [5.74, 6) is -1.30. The lowest BCUT2D eigenvalue weighted by Gasteiger charge is -2.25. The number of nitrogens with one attached hydrogen (secondary N) is 1. The van der Waals surface area contributed by atoms with Crippen LogP contribution in [0.15, 0.2) is 77.7 Å². The van der Waals surface area contributed by atoms with Crippen molar-refractivity contribution in [1.82, 2.24) is 0 Å². The van der Waals surface area contributed by atoms with Gasteiger partial charge in [0.15, 0.2) is 0 Å². The average Bonchev–Trinajstić information content (AvgIpc) is 2.73. The molecule has 160 valence electrons. The average molecular weight is 438 g/mol. The molecule has 8 heteroatoms. The molecular formula is C23H23N3O4S. The molecule has 0 spiro atoms. The largest absolute Gasteiger partial charge is 0.366 e. The van der Waals surface area contributed by atoms with E-state index in [4.69, 9.17) is 5.73 Å². The first-order chi connectivity index (χ1) is 14.7. The molecule has 3 aromatic carbocycles. The van der Waals surface area contributed by atoms with E-state index in [9.17, 15) is 18.0 Å². The van der Waals surface area contributed by atoms with Gasteiger partial charge in [0.2, 0.25) is 5.91 Å². The van der Waals surface area contributed by atoms with Crippen LogP contribution in [0.3, 0.4) is 0 Å². The first-order valence-corrected chi connectivity index (χ1v) is 11.0. The molecule has 0 unspecified atom stereocenters. The van der Waals surface area contributed by atoms with Gasteiger partial charge in [0, 0.05) is 0 Å². The number of benzene rings is 3. The van der Waals surface area contributed by atoms with E-state index in [1.165, 1.54) is 24.3 Å². The lowest BCUT2D eigenvalue weighted by atomic mass is 10.1. The highest BCUT2D eigenvalue weighted by molar-refractivity contribution is 7.92. The topological polar surface area (TPSA) is 110 Å². The fraction of sp³-hybridized carbons (Fsp3) is 0.130. The summed E-state index contributed by atoms with van der Waals surface area (Å²) >= 11 is 0. The molecule has 0 aliphatic carbocycles. The minimum atomic E-state index is -4.03. The third-order valence-electron chi connectivity index (χ3n) is 4.75. The van der Waals surface area contributed by atoms with Gasteiger partial charge in [-0.1, -0.05) is 48.0 Å². The summed E-state index contributed by atoms with van der Waals surface area (Å²) in [7, 11) is -4.03. The molecule has 0 saturated heterocycles. The molecule has 2 amide bonds. The number of para-hydroxylation sites is 2. The van der Waals surface area contributed by atoms with E-state index in [1.54, 1.807) is 55.5 Å². The van der Waals surface area contributed by atoms with Crippen LogP contribution in [0, 0.1) is 13.8 Å². The maximum atomic E-state index is 13.4. The maximum Gasteiger partial charge on any atom is 0.264 e. The van der Waals surface area contributed by atoms with E-state index in [-0.39, 0.29) is 16.1 Å². The summed E-state index contributed by atoms with van der Waals surface area (Å²) in [6, 6.07) is 19.6. The Morgan fingerprint density at radius 1 is 0.903 bits per heavy atom. The van der Waals surface area contributed by atoms with Crippen molar-refractivity contribution in [2.24, 2.45) is 5.73 Å². The normalized spacial score (nSPS) is 11.0. The van der Waals surface area contributed by atoms with Gasteiger partial charge in [-0.05, 0) is 49.7 Å². The van der Waals surface area contributed by atoms with Crippen LogP contribution in [0.5, 0.6) is 0 Å². The van der Waals surface area contributed by atoms with Gasteiger partial charge in [0.05, 0.1) is 21.8 Å². The first-order valence-electron chi connectivity index (χ1n) is 9.54. The highest BCUT2D eigenvalue weighted by atomic mass is 32.2. The zero-order valence-corrected chi connectivity index (χ0v) is 18.0. The first kappa shape index (κ1) is 22.0. The van der Waals surface area contributed by atoms with E-state index >= 15 is 0 Å². The molecule has 0 heterocycles. The molecule has 7 nitrogen and oxygen atoms in total. The van der Waals surface area contributed by atoms with Crippen LogP contribution in [-0.2, 0) is 14.8 Å². The predicted octanol–water partition coefficient (Wildman–Crippen LogP) is 3.24. The van der Waals surface area contributed by atoms with Gasteiger partial charge in [-0.2, -0.15) is 0 Å². The Balaban J connectivity index is 1.98. The van der Waals surface area contributed by atoms with Crippen molar-refractivity contribution in [3.63, 3.8) is 0 Å². The number of anilines is 2. The van der Waals surface area contributed by atoms with E-state index < -0.39 is 28.4 Å². The standard InChI is InChI=1S/C23H23N3O4S/c1-16-11-13-18(14-12-16)31(29,30)26(21-10-6-3-7-17(21)2)15-22(27)25-20-9-5-4-8-19(20)23(24)28/h3-14H,15H2,1-2H3,(H2,24,28)(H,25,27). The number of carbonyl (C=O) groups excluding carboxylic acids is 2. The third-order valence-corrected chi connectivity index (χ3v) is 6.52. The quantitative estimate of drug-likeness (QED) is 0.591. The van der Waals surface area contributed by atoms with Crippen LogP contribution in [0.25, 0.3) is 0 Å². The van der Waals surface area contributed by atoms with Crippen LogP contribution >= 0.6 is 0 Å². The summed E-state index contributed by atoms with van der Waals surface area (Å²) < 4.78 is 27.9. The van der Waals surface area contributed by atoms with Gasteiger partial charge in [-0.3, -0.25) is 13.9 Å². The van der Waals surface area contributed by atoms with Crippen LogP contribution < -0.4 is 15.4 Å². The Labute approximate surface area is 181 Å². The predicted molar refractivity (Wildman–Crippen MR) is 120 cm³/mol. The highest BCUT2D eigenvalue weighted by Gasteiger charge is 2.28. The van der Waals surface area contributed by atoms with Gasteiger partial charge in [-0.15, -0.1) is 0 Å². The number of nitrogens with zero attached hydrogens (tertiary/aromatic N) is 1. The van der Waals surface area contributed by atoms with Crippen molar-refractivity contribution in [3.8, 4) is 0 Å². The van der Waals surface area contributed by atoms with Crippen molar-refractivity contribution >= 4 is 33.2 Å². The number of primary amides is 1. The minimum Gasteiger partial charge on any atom is -0.366 e. The fourth-order valence-corrected chi connectivity index (χ4v) is 4.59. The summed E-state index contributed by atoms with van der Waals surface area (Å²) in [5, 5.41) is 2.60. The van der Waals surface area contributed by atoms with Gasteiger partial charge < -0.3 is 11.1 Å². The summed E-state index contributed by atoms with van der Waals surface area (Å²) in [4.78, 5) is 24.5. The zero-order chi connectivity index (χ0) is 22.6. The van der Waals surface area contributed by atoms with Crippen LogP contribution in [-0.4, -0.2) is 26.8 Å². The van der Waals surface area contributed by atoms with Crippen molar-refractivity contribution in [2.75, 3.05) is 16.2 Å². The molecule has 0 atom stereocenters. The van der Waals surface area contributed by atoms with Crippen molar-refractivity contribution in [2.45, 2.75) is 18.7 Å². The van der Waals surface area contributed by atoms with Crippen molar-refractivity contribution in [1.29, 1.82) is 0 Å². The Morgan fingerprint density at radius 3 is 2.16 bits per heavy atom. The van der Waals surface area contributed by atoms with Gasteiger partial charge in [-0.25, -0.2) is 8.42 Å². The number of amides is 2. The maximum absolute atomic E-state index is 13.4. The molecule has 0 fully saturated rings. The molecule has 0 aliphatic heterocycles. The minimum absolute atomic E-state index is 0.0756. The number of carbonyl (C=O) groups is 2. The van der Waals surface area contributed by atoms with E-state index in [0.29, 0.717) is 11.3 Å². The van der Waals surface area contributed by atoms with Crippen LogP contribution in [0.4, 0.5) is 11.4 Å². The molecular weight excluding hydrogens is 414 g/mol. The summed E-state index contributed by atoms with van der Waals surface area (Å²) in [6.07, 6.45) is 0. The molecule has 0 bridgehead atoms. The smallest absolute Gasteiger partial charge is 0.264 e. The van der Waals surface area contributed by atoms with E-state index in [2.05, 4.69) is 5.32 Å². The Bertz CT molecular complexity index is 1220. The van der Waals surface area contributed by atoms with E-state index in [0.717, 1.165) is 9.87 Å². The lowest BCUT2D eigenvalue weighted by Crippen LogP contribution is -2.38. The van der Waals surface area contributed by atoms with Crippen LogP contribution in [0.2, 0.25) is 0 Å².